The lowest BCUT2D eigenvalue weighted by Gasteiger charge is -2.32. The van der Waals surface area contributed by atoms with Gasteiger partial charge in [0.25, 0.3) is 11.6 Å². The van der Waals surface area contributed by atoms with Crippen LogP contribution in [0.1, 0.15) is 18.1 Å². The molecule has 0 bridgehead atoms. The number of hydrogen-bond acceptors (Lipinski definition) is 5. The van der Waals surface area contributed by atoms with Gasteiger partial charge in [-0.1, -0.05) is 30.3 Å². The molecule has 3 rings (SSSR count). The highest BCUT2D eigenvalue weighted by molar-refractivity contribution is 6.08. The van der Waals surface area contributed by atoms with Gasteiger partial charge in [0.05, 0.1) is 4.92 Å². The molecule has 0 saturated carbocycles. The monoisotopic (exact) mass is 383 g/mol. The fourth-order valence-corrected chi connectivity index (χ4v) is 3.26. The van der Waals surface area contributed by atoms with E-state index in [2.05, 4.69) is 0 Å². The van der Waals surface area contributed by atoms with Crippen molar-refractivity contribution in [1.82, 2.24) is 9.80 Å². The van der Waals surface area contributed by atoms with E-state index in [-0.39, 0.29) is 12.2 Å². The third kappa shape index (κ3) is 3.18. The van der Waals surface area contributed by atoms with Gasteiger partial charge in [-0.05, 0) is 30.2 Å². The van der Waals surface area contributed by atoms with Gasteiger partial charge in [-0.2, -0.15) is 0 Å². The van der Waals surface area contributed by atoms with Gasteiger partial charge in [0.15, 0.2) is 0 Å². The normalized spacial score (nSPS) is 19.2. The lowest BCUT2D eigenvalue weighted by atomic mass is 9.89. The van der Waals surface area contributed by atoms with Crippen molar-refractivity contribution in [3.8, 4) is 0 Å². The molecule has 1 aliphatic rings. The predicted molar refractivity (Wildman–Crippen MR) is 97.2 cm³/mol. The van der Waals surface area contributed by atoms with Crippen LogP contribution >= 0.6 is 0 Å². The van der Waals surface area contributed by atoms with E-state index in [0.29, 0.717) is 10.5 Å². The number of nitro groups is 1. The highest BCUT2D eigenvalue weighted by atomic mass is 16.6. The molecule has 1 saturated heterocycles. The summed E-state index contributed by atoms with van der Waals surface area (Å²) < 4.78 is 0. The second-order valence-electron chi connectivity index (χ2n) is 6.52. The topological polar surface area (TPSA) is 121 Å². The number of aliphatic carboxylic acids is 1. The standard InChI is InChI=1S/C19H17N3O6/c1-19(14-7-9-15(10-8-14)22(27)28)17(25)20(12-16(23)24)18(26)21(19)11-13-5-3-2-4-6-13/h2-10H,11-12H2,1H3,(H,23,24)/t19-/m0/s1. The van der Waals surface area contributed by atoms with Gasteiger partial charge in [0.2, 0.25) is 0 Å². The summed E-state index contributed by atoms with van der Waals surface area (Å²) >= 11 is 0. The maximum absolute atomic E-state index is 13.1. The van der Waals surface area contributed by atoms with Crippen LogP contribution in [-0.2, 0) is 21.7 Å². The van der Waals surface area contributed by atoms with Crippen molar-refractivity contribution in [1.29, 1.82) is 0 Å². The van der Waals surface area contributed by atoms with Gasteiger partial charge in [0.1, 0.15) is 12.1 Å². The SMILES string of the molecule is C[C@]1(c2ccc([N+](=O)[O-])cc2)C(=O)N(CC(=O)O)C(=O)N1Cc1ccccc1. The summed E-state index contributed by atoms with van der Waals surface area (Å²) in [4.78, 5) is 49.4. The van der Waals surface area contributed by atoms with Crippen molar-refractivity contribution >= 4 is 23.6 Å². The van der Waals surface area contributed by atoms with Crippen LogP contribution in [0.15, 0.2) is 54.6 Å². The molecule has 1 aliphatic heterocycles. The summed E-state index contributed by atoms with van der Waals surface area (Å²) in [5.74, 6) is -2.00. The fraction of sp³-hybridized carbons (Fsp3) is 0.211. The van der Waals surface area contributed by atoms with Gasteiger partial charge in [-0.25, -0.2) is 4.79 Å². The van der Waals surface area contributed by atoms with Crippen molar-refractivity contribution < 1.29 is 24.4 Å². The van der Waals surface area contributed by atoms with Crippen molar-refractivity contribution in [2.75, 3.05) is 6.54 Å². The average molecular weight is 383 g/mol. The molecule has 28 heavy (non-hydrogen) atoms. The fourth-order valence-electron chi connectivity index (χ4n) is 3.26. The lowest BCUT2D eigenvalue weighted by molar-refractivity contribution is -0.384. The Morgan fingerprint density at radius 3 is 2.25 bits per heavy atom. The third-order valence-corrected chi connectivity index (χ3v) is 4.78. The molecule has 0 aliphatic carbocycles. The number of non-ortho nitro benzene ring substituents is 1. The van der Waals surface area contributed by atoms with Crippen LogP contribution in [0.4, 0.5) is 10.5 Å². The van der Waals surface area contributed by atoms with Crippen molar-refractivity contribution in [2.45, 2.75) is 19.0 Å². The number of rotatable bonds is 6. The van der Waals surface area contributed by atoms with Gasteiger partial charge < -0.3 is 10.0 Å². The van der Waals surface area contributed by atoms with Crippen molar-refractivity contribution in [3.63, 3.8) is 0 Å². The number of benzene rings is 2. The Morgan fingerprint density at radius 2 is 1.71 bits per heavy atom. The minimum atomic E-state index is -1.49. The number of urea groups is 1. The zero-order chi connectivity index (χ0) is 20.5. The number of carbonyl (C=O) groups excluding carboxylic acids is 2. The Hall–Kier alpha value is -3.75. The van der Waals surface area contributed by atoms with Gasteiger partial charge >= 0.3 is 12.0 Å². The molecular formula is C19H17N3O6. The predicted octanol–water partition coefficient (Wildman–Crippen LogP) is 2.36. The summed E-state index contributed by atoms with van der Waals surface area (Å²) in [5, 5.41) is 20.0. The molecule has 0 aromatic heterocycles. The summed E-state index contributed by atoms with van der Waals surface area (Å²) in [6.07, 6.45) is 0. The summed E-state index contributed by atoms with van der Waals surface area (Å²) in [7, 11) is 0. The maximum atomic E-state index is 13.1. The highest BCUT2D eigenvalue weighted by Gasteiger charge is 2.55. The Bertz CT molecular complexity index is 944. The molecule has 0 spiro atoms. The first kappa shape index (κ1) is 19.0. The molecule has 1 fully saturated rings. The van der Waals surface area contributed by atoms with E-state index in [0.717, 1.165) is 5.56 Å². The smallest absolute Gasteiger partial charge is 0.328 e. The van der Waals surface area contributed by atoms with E-state index in [9.17, 15) is 24.5 Å². The second-order valence-corrected chi connectivity index (χ2v) is 6.52. The first-order valence-corrected chi connectivity index (χ1v) is 8.39. The molecule has 9 heteroatoms. The Balaban J connectivity index is 2.06. The zero-order valence-electron chi connectivity index (χ0n) is 14.9. The van der Waals surface area contributed by atoms with Gasteiger partial charge in [0, 0.05) is 18.7 Å². The number of carbonyl (C=O) groups is 3. The van der Waals surface area contributed by atoms with Crippen LogP contribution in [0.3, 0.4) is 0 Å². The van der Waals surface area contributed by atoms with Crippen LogP contribution in [-0.4, -0.2) is 44.3 Å². The molecule has 0 unspecified atom stereocenters. The molecule has 2 aromatic rings. The third-order valence-electron chi connectivity index (χ3n) is 4.78. The zero-order valence-corrected chi connectivity index (χ0v) is 14.9. The molecule has 2 aromatic carbocycles. The molecule has 144 valence electrons. The minimum absolute atomic E-state index is 0.0784. The Labute approximate surface area is 159 Å². The van der Waals surface area contributed by atoms with E-state index in [1.165, 1.54) is 36.1 Å². The number of nitro benzene ring substituents is 1. The summed E-state index contributed by atoms with van der Waals surface area (Å²) in [6, 6.07) is 13.5. The number of carboxylic acid groups (broad SMARTS) is 1. The van der Waals surface area contributed by atoms with E-state index < -0.39 is 34.9 Å². The maximum Gasteiger partial charge on any atom is 0.328 e. The Kier molecular flexibility index (Phi) is 4.83. The highest BCUT2D eigenvalue weighted by Crippen LogP contribution is 2.38. The second kappa shape index (κ2) is 7.10. The largest absolute Gasteiger partial charge is 0.480 e. The molecule has 1 N–H and O–H groups in total. The first-order chi connectivity index (χ1) is 13.2. The number of hydrogen-bond donors (Lipinski definition) is 1. The van der Waals surface area contributed by atoms with Crippen LogP contribution in [0, 0.1) is 10.1 Å². The molecule has 3 amide bonds. The van der Waals surface area contributed by atoms with E-state index in [1.807, 2.05) is 6.07 Å². The minimum Gasteiger partial charge on any atom is -0.480 e. The number of amides is 3. The van der Waals surface area contributed by atoms with Crippen molar-refractivity contribution in [3.05, 3.63) is 75.8 Å². The van der Waals surface area contributed by atoms with Crippen LogP contribution in [0.25, 0.3) is 0 Å². The number of imide groups is 1. The molecule has 1 atom stereocenters. The van der Waals surface area contributed by atoms with Gasteiger partial charge in [-0.3, -0.25) is 24.6 Å². The Morgan fingerprint density at radius 1 is 1.11 bits per heavy atom. The van der Waals surface area contributed by atoms with Gasteiger partial charge in [-0.15, -0.1) is 0 Å². The summed E-state index contributed by atoms with van der Waals surface area (Å²) in [5.41, 5.74) is -0.521. The van der Waals surface area contributed by atoms with Crippen LogP contribution < -0.4 is 0 Å². The quantitative estimate of drug-likeness (QED) is 0.464. The molecule has 0 radical (unpaired) electrons. The van der Waals surface area contributed by atoms with E-state index in [1.54, 1.807) is 24.3 Å². The number of carboxylic acids is 1. The van der Waals surface area contributed by atoms with Crippen molar-refractivity contribution in [2.24, 2.45) is 0 Å². The van der Waals surface area contributed by atoms with Crippen LogP contribution in [0.5, 0.6) is 0 Å². The van der Waals surface area contributed by atoms with E-state index in [4.69, 9.17) is 5.11 Å². The lowest BCUT2D eigenvalue weighted by Crippen LogP contribution is -2.44. The average Bonchev–Trinajstić information content (AvgIpc) is 2.85. The first-order valence-electron chi connectivity index (χ1n) is 8.39. The molecule has 1 heterocycles. The van der Waals surface area contributed by atoms with Crippen LogP contribution in [0.2, 0.25) is 0 Å². The molecule has 9 nitrogen and oxygen atoms in total. The summed E-state index contributed by atoms with van der Waals surface area (Å²) in [6.45, 7) is 0.833. The molecular weight excluding hydrogens is 366 g/mol. The van der Waals surface area contributed by atoms with E-state index >= 15 is 0 Å². The number of nitrogens with zero attached hydrogens (tertiary/aromatic N) is 3.